The first-order valence-corrected chi connectivity index (χ1v) is 9.08. The molecule has 1 aromatic rings. The second-order valence-corrected chi connectivity index (χ2v) is 6.69. The lowest BCUT2D eigenvalue weighted by atomic mass is 10.1. The van der Waals surface area contributed by atoms with Crippen molar-refractivity contribution in [3.05, 3.63) is 29.8 Å². The Hall–Kier alpha value is -1.75. The maximum Gasteiger partial charge on any atom is 0.193 e. The van der Waals surface area contributed by atoms with Gasteiger partial charge in [-0.05, 0) is 37.3 Å². The number of nitrogens with zero attached hydrogens (tertiary/aromatic N) is 2. The van der Waals surface area contributed by atoms with Gasteiger partial charge in [0.1, 0.15) is 11.9 Å². The standard InChI is InChI=1S/C19H29N3O2/c1-3-20-19(22(2)10-11-23-14-15-8-9-15)21-13-17-12-16-6-4-5-7-18(16)24-17/h4-7,15,17H,3,8-14H2,1-2H3,(H,20,21). The Balaban J connectivity index is 1.46. The zero-order valence-corrected chi connectivity index (χ0v) is 14.8. The highest BCUT2D eigenvalue weighted by Crippen LogP contribution is 2.29. The molecule has 1 aromatic carbocycles. The van der Waals surface area contributed by atoms with Gasteiger partial charge in [0, 0.05) is 33.2 Å². The first-order valence-electron chi connectivity index (χ1n) is 9.08. The van der Waals surface area contributed by atoms with Crippen molar-refractivity contribution in [3.8, 4) is 5.75 Å². The third kappa shape index (κ3) is 4.87. The van der Waals surface area contributed by atoms with Crippen LogP contribution in [0.1, 0.15) is 25.3 Å². The minimum Gasteiger partial charge on any atom is -0.488 e. The molecule has 1 N–H and O–H groups in total. The van der Waals surface area contributed by atoms with Crippen molar-refractivity contribution in [1.82, 2.24) is 10.2 Å². The van der Waals surface area contributed by atoms with Crippen LogP contribution in [0.15, 0.2) is 29.3 Å². The maximum atomic E-state index is 5.97. The van der Waals surface area contributed by atoms with E-state index in [1.165, 1.54) is 18.4 Å². The van der Waals surface area contributed by atoms with Gasteiger partial charge in [-0.15, -0.1) is 0 Å². The second kappa shape index (κ2) is 8.38. The first-order chi connectivity index (χ1) is 11.8. The number of fused-ring (bicyclic) bond motifs is 1. The molecule has 3 rings (SSSR count). The molecule has 1 aliphatic heterocycles. The number of benzene rings is 1. The van der Waals surface area contributed by atoms with Crippen LogP contribution in [0.25, 0.3) is 0 Å². The Bertz CT molecular complexity index is 532. The van der Waals surface area contributed by atoms with Gasteiger partial charge in [-0.1, -0.05) is 18.2 Å². The Morgan fingerprint density at radius 2 is 2.21 bits per heavy atom. The van der Waals surface area contributed by atoms with E-state index in [4.69, 9.17) is 14.5 Å². The molecule has 132 valence electrons. The molecule has 2 aliphatic rings. The van der Waals surface area contributed by atoms with Gasteiger partial charge in [-0.25, -0.2) is 4.99 Å². The average Bonchev–Trinajstić information content (AvgIpc) is 3.32. The molecule has 1 atom stereocenters. The molecule has 1 fully saturated rings. The van der Waals surface area contributed by atoms with E-state index in [1.54, 1.807) is 0 Å². The molecule has 0 saturated heterocycles. The molecule has 0 aromatic heterocycles. The van der Waals surface area contributed by atoms with Gasteiger partial charge in [0.2, 0.25) is 0 Å². The molecule has 0 amide bonds. The summed E-state index contributed by atoms with van der Waals surface area (Å²) < 4.78 is 11.7. The van der Waals surface area contributed by atoms with Crippen LogP contribution in [0, 0.1) is 5.92 Å². The van der Waals surface area contributed by atoms with Crippen molar-refractivity contribution >= 4 is 5.96 Å². The lowest BCUT2D eigenvalue weighted by Gasteiger charge is -2.22. The molecule has 1 saturated carbocycles. The van der Waals surface area contributed by atoms with Gasteiger partial charge in [-0.2, -0.15) is 0 Å². The third-order valence-electron chi connectivity index (χ3n) is 4.48. The predicted octanol–water partition coefficient (Wildman–Crippen LogP) is 2.31. The van der Waals surface area contributed by atoms with E-state index in [0.717, 1.165) is 50.4 Å². The topological polar surface area (TPSA) is 46.1 Å². The molecule has 5 heteroatoms. The van der Waals surface area contributed by atoms with Crippen LogP contribution in [0.2, 0.25) is 0 Å². The molecule has 1 unspecified atom stereocenters. The number of hydrogen-bond donors (Lipinski definition) is 1. The summed E-state index contributed by atoms with van der Waals surface area (Å²) in [6.45, 7) is 6.14. The van der Waals surface area contributed by atoms with Crippen molar-refractivity contribution in [1.29, 1.82) is 0 Å². The smallest absolute Gasteiger partial charge is 0.193 e. The van der Waals surface area contributed by atoms with Crippen LogP contribution in [0.5, 0.6) is 5.75 Å². The van der Waals surface area contributed by atoms with E-state index in [0.29, 0.717) is 6.54 Å². The van der Waals surface area contributed by atoms with Gasteiger partial charge in [0.25, 0.3) is 0 Å². The Labute approximate surface area is 145 Å². The summed E-state index contributed by atoms with van der Waals surface area (Å²) in [6, 6.07) is 8.25. The largest absolute Gasteiger partial charge is 0.488 e. The highest BCUT2D eigenvalue weighted by Gasteiger charge is 2.22. The summed E-state index contributed by atoms with van der Waals surface area (Å²) in [7, 11) is 2.06. The molecule has 0 spiro atoms. The molecular formula is C19H29N3O2. The predicted molar refractivity (Wildman–Crippen MR) is 96.7 cm³/mol. The number of guanidine groups is 1. The average molecular weight is 331 g/mol. The number of aliphatic imine (C=N–C) groups is 1. The van der Waals surface area contributed by atoms with E-state index in [1.807, 2.05) is 12.1 Å². The molecule has 1 heterocycles. The summed E-state index contributed by atoms with van der Waals surface area (Å²) >= 11 is 0. The maximum absolute atomic E-state index is 5.97. The molecular weight excluding hydrogens is 302 g/mol. The summed E-state index contributed by atoms with van der Waals surface area (Å²) in [5.74, 6) is 2.75. The summed E-state index contributed by atoms with van der Waals surface area (Å²) in [5, 5.41) is 3.35. The van der Waals surface area contributed by atoms with Crippen LogP contribution in [0.4, 0.5) is 0 Å². The summed E-state index contributed by atoms with van der Waals surface area (Å²) in [6.07, 6.45) is 3.75. The summed E-state index contributed by atoms with van der Waals surface area (Å²) in [5.41, 5.74) is 1.28. The number of nitrogens with one attached hydrogen (secondary N) is 1. The van der Waals surface area contributed by atoms with Crippen LogP contribution in [-0.4, -0.2) is 56.9 Å². The highest BCUT2D eigenvalue weighted by molar-refractivity contribution is 5.79. The van der Waals surface area contributed by atoms with Crippen molar-refractivity contribution in [2.24, 2.45) is 10.9 Å². The number of rotatable bonds is 8. The zero-order chi connectivity index (χ0) is 16.8. The van der Waals surface area contributed by atoms with Crippen LogP contribution < -0.4 is 10.1 Å². The molecule has 5 nitrogen and oxygen atoms in total. The fourth-order valence-corrected chi connectivity index (χ4v) is 2.86. The Morgan fingerprint density at radius 1 is 1.38 bits per heavy atom. The van der Waals surface area contributed by atoms with Gasteiger partial charge < -0.3 is 19.7 Å². The molecule has 24 heavy (non-hydrogen) atoms. The number of likely N-dealkylation sites (N-methyl/N-ethyl adjacent to an activating group) is 1. The fraction of sp³-hybridized carbons (Fsp3) is 0.632. The van der Waals surface area contributed by atoms with Gasteiger partial charge >= 0.3 is 0 Å². The van der Waals surface area contributed by atoms with Crippen LogP contribution in [-0.2, 0) is 11.2 Å². The van der Waals surface area contributed by atoms with Crippen molar-refractivity contribution in [2.45, 2.75) is 32.3 Å². The molecule has 1 aliphatic carbocycles. The minimum absolute atomic E-state index is 0.135. The monoisotopic (exact) mass is 331 g/mol. The van der Waals surface area contributed by atoms with Crippen molar-refractivity contribution in [2.75, 3.05) is 39.9 Å². The first kappa shape index (κ1) is 17.1. The van der Waals surface area contributed by atoms with E-state index in [9.17, 15) is 0 Å². The summed E-state index contributed by atoms with van der Waals surface area (Å²) in [4.78, 5) is 6.89. The van der Waals surface area contributed by atoms with E-state index in [-0.39, 0.29) is 6.10 Å². The second-order valence-electron chi connectivity index (χ2n) is 6.69. The van der Waals surface area contributed by atoms with Crippen molar-refractivity contribution < 1.29 is 9.47 Å². The normalized spacial score (nSPS) is 19.8. The van der Waals surface area contributed by atoms with Gasteiger partial charge in [0.15, 0.2) is 5.96 Å². The molecule has 0 bridgehead atoms. The quantitative estimate of drug-likeness (QED) is 0.451. The highest BCUT2D eigenvalue weighted by atomic mass is 16.5. The van der Waals surface area contributed by atoms with Crippen LogP contribution in [0.3, 0.4) is 0 Å². The SMILES string of the molecule is CCNC(=NCC1Cc2ccccc2O1)N(C)CCOCC1CC1. The minimum atomic E-state index is 0.135. The zero-order valence-electron chi connectivity index (χ0n) is 14.8. The Kier molecular flexibility index (Phi) is 5.96. The number of ether oxygens (including phenoxy) is 2. The van der Waals surface area contributed by atoms with Crippen molar-refractivity contribution in [3.63, 3.8) is 0 Å². The third-order valence-corrected chi connectivity index (χ3v) is 4.48. The fourth-order valence-electron chi connectivity index (χ4n) is 2.86. The van der Waals surface area contributed by atoms with E-state index >= 15 is 0 Å². The van der Waals surface area contributed by atoms with E-state index in [2.05, 4.69) is 36.3 Å². The lowest BCUT2D eigenvalue weighted by molar-refractivity contribution is 0.115. The Morgan fingerprint density at radius 3 is 2.96 bits per heavy atom. The van der Waals surface area contributed by atoms with Crippen LogP contribution >= 0.6 is 0 Å². The van der Waals surface area contributed by atoms with Gasteiger partial charge in [0.05, 0.1) is 13.2 Å². The van der Waals surface area contributed by atoms with E-state index < -0.39 is 0 Å². The number of hydrogen-bond acceptors (Lipinski definition) is 3. The number of para-hydroxylation sites is 1. The molecule has 0 radical (unpaired) electrons. The van der Waals surface area contributed by atoms with Gasteiger partial charge in [-0.3, -0.25) is 0 Å². The lowest BCUT2D eigenvalue weighted by Crippen LogP contribution is -2.41.